The third-order valence-corrected chi connectivity index (χ3v) is 2.70. The molecule has 1 heterocycles. The molecule has 17 heavy (non-hydrogen) atoms. The quantitative estimate of drug-likeness (QED) is 0.779. The average Bonchev–Trinajstić information content (AvgIpc) is 2.76. The van der Waals surface area contributed by atoms with Crippen LogP contribution in [0.4, 0.5) is 8.78 Å². The molecule has 2 aromatic rings. The summed E-state index contributed by atoms with van der Waals surface area (Å²) >= 11 is 1.16. The molecule has 6 heteroatoms. The number of rotatable bonds is 3. The minimum absolute atomic E-state index is 0.126. The number of hydrogen-bond acceptors (Lipinski definition) is 2. The molecule has 0 aliphatic carbocycles. The van der Waals surface area contributed by atoms with Crippen LogP contribution in [0.3, 0.4) is 0 Å². The van der Waals surface area contributed by atoms with Crippen LogP contribution in [0.5, 0.6) is 5.75 Å². The summed E-state index contributed by atoms with van der Waals surface area (Å²) in [7, 11) is 0. The summed E-state index contributed by atoms with van der Waals surface area (Å²) in [6.45, 7) is 1.95. The first-order valence-corrected chi connectivity index (χ1v) is 5.69. The molecule has 0 fully saturated rings. The second kappa shape index (κ2) is 4.86. The standard InChI is InChI=1S/C11H10F2N2O.Al.H/c1-2-8-3-4-15(14-8)11-9(13)5-7(12)6-10(11)16;;/h3-6,16H,2H2,1H3;;/q;+1;/p-1. The van der Waals surface area contributed by atoms with Gasteiger partial charge in [0.15, 0.2) is 5.82 Å². The Kier molecular flexibility index (Phi) is 3.46. The lowest BCUT2D eigenvalue weighted by atomic mass is 10.2. The summed E-state index contributed by atoms with van der Waals surface area (Å²) in [5.41, 5.74) is 0.958. The van der Waals surface area contributed by atoms with E-state index in [0.29, 0.717) is 0 Å². The predicted molar refractivity (Wildman–Crippen MR) is 60.6 cm³/mol. The summed E-state index contributed by atoms with van der Waals surface area (Å²) in [5, 5.41) is 4.18. The lowest BCUT2D eigenvalue weighted by molar-refractivity contribution is 0.537. The minimum atomic E-state index is -0.697. The van der Waals surface area contributed by atoms with Crippen molar-refractivity contribution in [1.29, 1.82) is 0 Å². The highest BCUT2D eigenvalue weighted by Gasteiger charge is 2.14. The Balaban J connectivity index is 2.57. The van der Waals surface area contributed by atoms with Crippen LogP contribution in [0.15, 0.2) is 24.4 Å². The highest BCUT2D eigenvalue weighted by Crippen LogP contribution is 2.26. The van der Waals surface area contributed by atoms with Gasteiger partial charge < -0.3 is 3.79 Å². The lowest BCUT2D eigenvalue weighted by Crippen LogP contribution is -2.04. The van der Waals surface area contributed by atoms with Crippen molar-refractivity contribution in [2.24, 2.45) is 0 Å². The summed E-state index contributed by atoms with van der Waals surface area (Å²) < 4.78 is 33.1. The maximum Gasteiger partial charge on any atom is 0.494 e. The van der Waals surface area contributed by atoms with Gasteiger partial charge in [-0.25, -0.2) is 13.5 Å². The van der Waals surface area contributed by atoms with E-state index >= 15 is 0 Å². The fourth-order valence-corrected chi connectivity index (χ4v) is 1.77. The molecule has 0 aliphatic heterocycles. The molecule has 87 valence electrons. The average molecular weight is 251 g/mol. The van der Waals surface area contributed by atoms with E-state index in [1.54, 1.807) is 12.3 Å². The molecule has 0 N–H and O–H groups in total. The van der Waals surface area contributed by atoms with Crippen molar-refractivity contribution in [3.05, 3.63) is 41.7 Å². The SMILES string of the molecule is CCc1ccn(-c2c(F)cc(F)cc2[O][AlH])n1. The Morgan fingerprint density at radius 2 is 2.18 bits per heavy atom. The maximum absolute atomic E-state index is 13.7. The monoisotopic (exact) mass is 251 g/mol. The Bertz CT molecular complexity index is 542. The third-order valence-electron chi connectivity index (χ3n) is 2.38. The molecule has 3 nitrogen and oxygen atoms in total. The van der Waals surface area contributed by atoms with Crippen LogP contribution < -0.4 is 3.79 Å². The van der Waals surface area contributed by atoms with E-state index in [1.165, 1.54) is 4.68 Å². The molecule has 0 saturated heterocycles. The van der Waals surface area contributed by atoms with Crippen LogP contribution in [-0.4, -0.2) is 26.4 Å². The fourth-order valence-electron chi connectivity index (χ4n) is 1.55. The van der Waals surface area contributed by atoms with E-state index in [2.05, 4.69) is 5.10 Å². The molecular weight excluding hydrogens is 241 g/mol. The molecular formula is C11H10AlF2N2O. The van der Waals surface area contributed by atoms with Crippen LogP contribution >= 0.6 is 0 Å². The molecule has 0 spiro atoms. The smallest absolute Gasteiger partial charge is 0.494 e. The number of benzene rings is 1. The molecule has 0 amide bonds. The first kappa shape index (κ1) is 12.1. The minimum Gasteiger partial charge on any atom is -0.649 e. The van der Waals surface area contributed by atoms with Gasteiger partial charge in [-0.05, 0) is 12.5 Å². The second-order valence-electron chi connectivity index (χ2n) is 3.48. The van der Waals surface area contributed by atoms with Crippen molar-refractivity contribution in [2.75, 3.05) is 0 Å². The fraction of sp³-hybridized carbons (Fsp3) is 0.182. The van der Waals surface area contributed by atoms with Crippen molar-refractivity contribution < 1.29 is 12.6 Å². The van der Waals surface area contributed by atoms with E-state index in [0.717, 1.165) is 40.9 Å². The van der Waals surface area contributed by atoms with Crippen LogP contribution in [0.1, 0.15) is 12.6 Å². The summed E-state index contributed by atoms with van der Waals surface area (Å²) in [6.07, 6.45) is 2.38. The van der Waals surface area contributed by atoms with Gasteiger partial charge in [-0.15, -0.1) is 0 Å². The van der Waals surface area contributed by atoms with E-state index < -0.39 is 11.6 Å². The summed E-state index contributed by atoms with van der Waals surface area (Å²) in [6, 6.07) is 3.73. The van der Waals surface area contributed by atoms with Gasteiger partial charge in [0, 0.05) is 18.3 Å². The van der Waals surface area contributed by atoms with Crippen molar-refractivity contribution in [3.63, 3.8) is 0 Å². The molecule has 1 aromatic heterocycles. The lowest BCUT2D eigenvalue weighted by Gasteiger charge is -2.11. The van der Waals surface area contributed by atoms with Gasteiger partial charge in [0.1, 0.15) is 17.3 Å². The summed E-state index contributed by atoms with van der Waals surface area (Å²) in [4.78, 5) is 0. The zero-order valence-corrected chi connectivity index (χ0v) is 10.7. The Morgan fingerprint density at radius 3 is 2.76 bits per heavy atom. The number of aromatic nitrogens is 2. The molecule has 0 aliphatic rings. The van der Waals surface area contributed by atoms with E-state index in [-0.39, 0.29) is 11.4 Å². The normalized spacial score (nSPS) is 10.5. The van der Waals surface area contributed by atoms with Crippen LogP contribution in [0, 0.1) is 11.6 Å². The van der Waals surface area contributed by atoms with Gasteiger partial charge in [-0.1, -0.05) is 6.92 Å². The van der Waals surface area contributed by atoms with Gasteiger partial charge in [0.25, 0.3) is 0 Å². The molecule has 0 saturated carbocycles. The molecule has 0 unspecified atom stereocenters. The zero-order chi connectivity index (χ0) is 12.4. The van der Waals surface area contributed by atoms with Crippen LogP contribution in [0.25, 0.3) is 5.69 Å². The van der Waals surface area contributed by atoms with Gasteiger partial charge in [0.05, 0.1) is 5.69 Å². The van der Waals surface area contributed by atoms with Gasteiger partial charge in [0.2, 0.25) is 0 Å². The first-order valence-electron chi connectivity index (χ1n) is 5.11. The highest BCUT2D eigenvalue weighted by atomic mass is 27.1. The molecule has 1 radical (unpaired) electrons. The van der Waals surface area contributed by atoms with Gasteiger partial charge >= 0.3 is 16.6 Å². The van der Waals surface area contributed by atoms with E-state index in [1.807, 2.05) is 6.92 Å². The summed E-state index contributed by atoms with van der Waals surface area (Å²) in [5.74, 6) is -1.24. The largest absolute Gasteiger partial charge is 0.649 e. The van der Waals surface area contributed by atoms with Gasteiger partial charge in [-0.2, -0.15) is 5.10 Å². The Morgan fingerprint density at radius 1 is 1.41 bits per heavy atom. The Hall–Kier alpha value is -1.38. The number of hydrogen-bond donors (Lipinski definition) is 0. The topological polar surface area (TPSA) is 27.1 Å². The van der Waals surface area contributed by atoms with E-state index in [9.17, 15) is 8.78 Å². The highest BCUT2D eigenvalue weighted by molar-refractivity contribution is 6.00. The van der Waals surface area contributed by atoms with Crippen molar-refractivity contribution in [3.8, 4) is 11.4 Å². The van der Waals surface area contributed by atoms with Crippen LogP contribution in [0.2, 0.25) is 0 Å². The third kappa shape index (κ3) is 2.33. The molecule has 1 aromatic carbocycles. The molecule has 2 rings (SSSR count). The van der Waals surface area contributed by atoms with Gasteiger partial charge in [-0.3, -0.25) is 0 Å². The van der Waals surface area contributed by atoms with Crippen LogP contribution in [-0.2, 0) is 6.42 Å². The number of nitrogens with zero attached hydrogens (tertiary/aromatic N) is 2. The van der Waals surface area contributed by atoms with E-state index in [4.69, 9.17) is 3.79 Å². The van der Waals surface area contributed by atoms with Crippen molar-refractivity contribution in [2.45, 2.75) is 13.3 Å². The Labute approximate surface area is 106 Å². The van der Waals surface area contributed by atoms with Crippen molar-refractivity contribution in [1.82, 2.24) is 9.78 Å². The predicted octanol–water partition coefficient (Wildman–Crippen LogP) is 1.91. The maximum atomic E-state index is 13.7. The number of halogens is 2. The molecule has 0 bridgehead atoms. The zero-order valence-electron chi connectivity index (χ0n) is 9.28. The first-order chi connectivity index (χ1) is 8.15. The second-order valence-corrected chi connectivity index (χ2v) is 3.77. The number of aryl methyl sites for hydroxylation is 1. The van der Waals surface area contributed by atoms with Crippen molar-refractivity contribution >= 4 is 16.6 Å². The molecule has 0 atom stereocenters.